The molecular weight excluding hydrogens is 447 g/mol. The van der Waals surface area contributed by atoms with Crippen LogP contribution in [0.4, 0.5) is 5.69 Å². The number of thioether (sulfide) groups is 1. The first-order chi connectivity index (χ1) is 14.4. The van der Waals surface area contributed by atoms with E-state index in [4.69, 9.17) is 27.9 Å². The molecule has 0 aliphatic heterocycles. The maximum Gasteiger partial charge on any atom is 0.339 e. The smallest absolute Gasteiger partial charge is 0.339 e. The van der Waals surface area contributed by atoms with Gasteiger partial charge in [0, 0.05) is 17.1 Å². The first kappa shape index (κ1) is 22.1. The van der Waals surface area contributed by atoms with E-state index in [1.807, 2.05) is 11.5 Å². The van der Waals surface area contributed by atoms with Gasteiger partial charge < -0.3 is 14.6 Å². The molecule has 0 aliphatic rings. The highest BCUT2D eigenvalue weighted by Gasteiger charge is 2.18. The van der Waals surface area contributed by atoms with Gasteiger partial charge in [-0.15, -0.1) is 10.2 Å². The number of hydrogen-bond acceptors (Lipinski definition) is 6. The summed E-state index contributed by atoms with van der Waals surface area (Å²) >= 11 is 13.5. The van der Waals surface area contributed by atoms with Crippen molar-refractivity contribution in [2.75, 3.05) is 18.2 Å². The number of halogens is 2. The molecule has 0 bridgehead atoms. The number of nitrogens with zero attached hydrogens (tertiary/aromatic N) is 3. The molecule has 3 aromatic rings. The van der Waals surface area contributed by atoms with Gasteiger partial charge in [-0.25, -0.2) is 4.79 Å². The third-order valence-electron chi connectivity index (χ3n) is 4.14. The van der Waals surface area contributed by atoms with Gasteiger partial charge in [0.15, 0.2) is 11.0 Å². The predicted molar refractivity (Wildman–Crippen MR) is 118 cm³/mol. The summed E-state index contributed by atoms with van der Waals surface area (Å²) in [5.74, 6) is -0.123. The third-order valence-corrected chi connectivity index (χ3v) is 5.66. The molecule has 1 heterocycles. The molecule has 0 atom stereocenters. The van der Waals surface area contributed by atoms with Crippen molar-refractivity contribution in [1.82, 2.24) is 14.8 Å². The van der Waals surface area contributed by atoms with E-state index in [9.17, 15) is 9.59 Å². The predicted octanol–water partition coefficient (Wildman–Crippen LogP) is 4.79. The van der Waals surface area contributed by atoms with Gasteiger partial charge in [0.2, 0.25) is 5.91 Å². The van der Waals surface area contributed by atoms with Gasteiger partial charge in [-0.1, -0.05) is 47.1 Å². The van der Waals surface area contributed by atoms with E-state index in [0.717, 1.165) is 0 Å². The molecule has 1 N–H and O–H groups in total. The van der Waals surface area contributed by atoms with Crippen LogP contribution in [0.2, 0.25) is 10.0 Å². The van der Waals surface area contributed by atoms with Crippen molar-refractivity contribution in [3.8, 4) is 11.4 Å². The molecule has 10 heteroatoms. The zero-order valence-electron chi connectivity index (χ0n) is 16.2. The van der Waals surface area contributed by atoms with Crippen LogP contribution in [0.1, 0.15) is 17.3 Å². The van der Waals surface area contributed by atoms with Crippen LogP contribution in [-0.4, -0.2) is 39.5 Å². The van der Waals surface area contributed by atoms with E-state index < -0.39 is 5.97 Å². The minimum atomic E-state index is -0.520. The van der Waals surface area contributed by atoms with Crippen molar-refractivity contribution in [1.29, 1.82) is 0 Å². The van der Waals surface area contributed by atoms with Crippen LogP contribution in [0.25, 0.3) is 11.4 Å². The molecule has 3 rings (SSSR count). The zero-order valence-corrected chi connectivity index (χ0v) is 18.5. The molecule has 0 spiro atoms. The van der Waals surface area contributed by atoms with Crippen molar-refractivity contribution in [3.63, 3.8) is 0 Å². The zero-order chi connectivity index (χ0) is 21.7. The summed E-state index contributed by atoms with van der Waals surface area (Å²) in [7, 11) is 1.29. The van der Waals surface area contributed by atoms with Crippen LogP contribution in [0.3, 0.4) is 0 Å². The molecule has 2 aromatic carbocycles. The molecule has 1 aromatic heterocycles. The number of rotatable bonds is 7. The number of para-hydroxylation sites is 1. The Morgan fingerprint density at radius 2 is 1.93 bits per heavy atom. The molecule has 0 saturated heterocycles. The fourth-order valence-electron chi connectivity index (χ4n) is 2.75. The SMILES string of the molecule is CCn1c(SCC(=O)Nc2ccccc2C(=O)OC)nnc1-c1ccc(Cl)cc1Cl. The van der Waals surface area contributed by atoms with Crippen LogP contribution in [-0.2, 0) is 16.1 Å². The lowest BCUT2D eigenvalue weighted by Gasteiger charge is -2.10. The molecule has 30 heavy (non-hydrogen) atoms. The second-order valence-corrected chi connectivity index (χ2v) is 7.83. The molecule has 0 unspecified atom stereocenters. The van der Waals surface area contributed by atoms with Gasteiger partial charge >= 0.3 is 5.97 Å². The summed E-state index contributed by atoms with van der Waals surface area (Å²) in [6.45, 7) is 2.55. The van der Waals surface area contributed by atoms with Crippen molar-refractivity contribution in [2.45, 2.75) is 18.6 Å². The highest BCUT2D eigenvalue weighted by molar-refractivity contribution is 7.99. The summed E-state index contributed by atoms with van der Waals surface area (Å²) in [6, 6.07) is 11.8. The Morgan fingerprint density at radius 1 is 1.17 bits per heavy atom. The van der Waals surface area contributed by atoms with E-state index in [2.05, 4.69) is 15.5 Å². The number of nitrogens with one attached hydrogen (secondary N) is 1. The summed E-state index contributed by atoms with van der Waals surface area (Å²) in [4.78, 5) is 24.3. The average Bonchev–Trinajstić information content (AvgIpc) is 3.14. The van der Waals surface area contributed by atoms with Crippen LogP contribution >= 0.6 is 35.0 Å². The van der Waals surface area contributed by atoms with Gasteiger partial charge in [-0.3, -0.25) is 4.79 Å². The highest BCUT2D eigenvalue weighted by atomic mass is 35.5. The summed E-state index contributed by atoms with van der Waals surface area (Å²) in [5.41, 5.74) is 1.38. The number of carbonyl (C=O) groups is 2. The van der Waals surface area contributed by atoms with E-state index in [1.165, 1.54) is 18.9 Å². The van der Waals surface area contributed by atoms with Crippen molar-refractivity contribution < 1.29 is 14.3 Å². The largest absolute Gasteiger partial charge is 0.465 e. The quantitative estimate of drug-likeness (QED) is 0.399. The Balaban J connectivity index is 1.73. The number of hydrogen-bond donors (Lipinski definition) is 1. The number of methoxy groups -OCH3 is 1. The number of ether oxygens (including phenoxy) is 1. The lowest BCUT2D eigenvalue weighted by molar-refractivity contribution is -0.113. The van der Waals surface area contributed by atoms with E-state index in [0.29, 0.717) is 38.8 Å². The molecular formula is C20H18Cl2N4O3S. The molecule has 156 valence electrons. The molecule has 0 fully saturated rings. The number of amides is 1. The Kier molecular flexibility index (Phi) is 7.36. The van der Waals surface area contributed by atoms with Crippen molar-refractivity contribution >= 4 is 52.5 Å². The van der Waals surface area contributed by atoms with Crippen molar-refractivity contribution in [2.24, 2.45) is 0 Å². The van der Waals surface area contributed by atoms with E-state index >= 15 is 0 Å². The van der Waals surface area contributed by atoms with Crippen LogP contribution in [0, 0.1) is 0 Å². The summed E-state index contributed by atoms with van der Waals surface area (Å²) < 4.78 is 6.61. The topological polar surface area (TPSA) is 86.1 Å². The normalized spacial score (nSPS) is 10.7. The highest BCUT2D eigenvalue weighted by Crippen LogP contribution is 2.31. The fourth-order valence-corrected chi connectivity index (χ4v) is 4.04. The number of benzene rings is 2. The lowest BCUT2D eigenvalue weighted by atomic mass is 10.2. The molecule has 0 saturated carbocycles. The van der Waals surface area contributed by atoms with Crippen LogP contribution < -0.4 is 5.32 Å². The minimum Gasteiger partial charge on any atom is -0.465 e. The van der Waals surface area contributed by atoms with Gasteiger partial charge in [-0.2, -0.15) is 0 Å². The van der Waals surface area contributed by atoms with Crippen molar-refractivity contribution in [3.05, 3.63) is 58.1 Å². The Hall–Kier alpha value is -2.55. The summed E-state index contributed by atoms with van der Waals surface area (Å²) in [6.07, 6.45) is 0. The fraction of sp³-hybridized carbons (Fsp3) is 0.200. The molecule has 7 nitrogen and oxygen atoms in total. The standard InChI is InChI=1S/C20H18Cl2N4O3S/c1-3-26-18(13-9-8-12(21)10-15(13)22)24-25-20(26)30-11-17(27)23-16-7-5-4-6-14(16)19(28)29-2/h4-10H,3,11H2,1-2H3,(H,23,27). The maximum atomic E-state index is 12.4. The Bertz CT molecular complexity index is 1090. The van der Waals surface area contributed by atoms with Gasteiger partial charge in [-0.05, 0) is 37.3 Å². The van der Waals surface area contributed by atoms with Gasteiger partial charge in [0.1, 0.15) is 0 Å². The Labute approximate surface area is 187 Å². The number of anilines is 1. The number of esters is 1. The van der Waals surface area contributed by atoms with E-state index in [-0.39, 0.29) is 17.2 Å². The van der Waals surface area contributed by atoms with Gasteiger partial charge in [0.25, 0.3) is 0 Å². The number of carbonyl (C=O) groups excluding carboxylic acids is 2. The van der Waals surface area contributed by atoms with Crippen LogP contribution in [0.15, 0.2) is 47.6 Å². The monoisotopic (exact) mass is 464 g/mol. The molecule has 1 amide bonds. The summed E-state index contributed by atoms with van der Waals surface area (Å²) in [5, 5.41) is 12.7. The third kappa shape index (κ3) is 4.95. The second-order valence-electron chi connectivity index (χ2n) is 6.05. The first-order valence-corrected chi connectivity index (χ1v) is 10.7. The van der Waals surface area contributed by atoms with E-state index in [1.54, 1.807) is 42.5 Å². The lowest BCUT2D eigenvalue weighted by Crippen LogP contribution is -2.17. The average molecular weight is 465 g/mol. The molecule has 0 aliphatic carbocycles. The number of aromatic nitrogens is 3. The second kappa shape index (κ2) is 9.97. The van der Waals surface area contributed by atoms with Gasteiger partial charge in [0.05, 0.1) is 29.1 Å². The van der Waals surface area contributed by atoms with Crippen LogP contribution in [0.5, 0.6) is 0 Å². The molecule has 0 radical (unpaired) electrons. The Morgan fingerprint density at radius 3 is 2.63 bits per heavy atom. The minimum absolute atomic E-state index is 0.0853. The maximum absolute atomic E-state index is 12.4. The first-order valence-electron chi connectivity index (χ1n) is 8.93.